The van der Waals surface area contributed by atoms with Crippen LogP contribution >= 0.6 is 11.3 Å². The van der Waals surface area contributed by atoms with Crippen LogP contribution in [0.25, 0.3) is 11.3 Å². The number of alkyl halides is 3. The van der Waals surface area contributed by atoms with Crippen molar-refractivity contribution in [2.75, 3.05) is 20.1 Å². The zero-order chi connectivity index (χ0) is 23.3. The maximum atomic E-state index is 12.7. The van der Waals surface area contributed by atoms with Crippen LogP contribution in [0.4, 0.5) is 18.0 Å². The van der Waals surface area contributed by atoms with Crippen molar-refractivity contribution in [1.29, 1.82) is 0 Å². The first-order valence-electron chi connectivity index (χ1n) is 10.2. The van der Waals surface area contributed by atoms with Crippen LogP contribution in [0.2, 0.25) is 0 Å². The predicted octanol–water partition coefficient (Wildman–Crippen LogP) is 3.81. The summed E-state index contributed by atoms with van der Waals surface area (Å²) in [5, 5.41) is 16.8. The van der Waals surface area contributed by atoms with Gasteiger partial charge in [-0.3, -0.25) is 9.69 Å². The number of likely N-dealkylation sites (tertiary alicyclic amines) is 1. The number of hydrogen-bond donors (Lipinski definition) is 3. The van der Waals surface area contributed by atoms with Gasteiger partial charge in [-0.1, -0.05) is 12.1 Å². The Morgan fingerprint density at radius 3 is 2.47 bits per heavy atom. The summed E-state index contributed by atoms with van der Waals surface area (Å²) in [5.74, 6) is -0.136. The van der Waals surface area contributed by atoms with Gasteiger partial charge in [0, 0.05) is 30.5 Å². The molecule has 1 aromatic heterocycles. The Morgan fingerprint density at radius 2 is 1.91 bits per heavy atom. The number of carbonyl (C=O) groups excluding carboxylic acids is 1. The zero-order valence-corrected chi connectivity index (χ0v) is 18.3. The van der Waals surface area contributed by atoms with Gasteiger partial charge in [0.05, 0.1) is 17.8 Å². The van der Waals surface area contributed by atoms with Crippen molar-refractivity contribution in [3.05, 3.63) is 40.2 Å². The summed E-state index contributed by atoms with van der Waals surface area (Å²) in [6.45, 7) is 2.10. The van der Waals surface area contributed by atoms with Gasteiger partial charge < -0.3 is 15.7 Å². The number of benzene rings is 1. The molecule has 0 spiro atoms. The molecule has 0 aliphatic carbocycles. The summed E-state index contributed by atoms with van der Waals surface area (Å²) in [6, 6.07) is 4.53. The van der Waals surface area contributed by atoms with Crippen LogP contribution in [0.15, 0.2) is 29.6 Å². The molecule has 0 bridgehead atoms. The Balaban J connectivity index is 1.56. The molecular formula is C21H25F3N4O3S. The van der Waals surface area contributed by atoms with Crippen molar-refractivity contribution in [2.24, 2.45) is 5.92 Å². The van der Waals surface area contributed by atoms with Gasteiger partial charge >= 0.3 is 12.3 Å². The van der Waals surface area contributed by atoms with E-state index < -0.39 is 23.9 Å². The molecule has 7 nitrogen and oxygen atoms in total. The molecule has 3 rings (SSSR count). The van der Waals surface area contributed by atoms with E-state index >= 15 is 0 Å². The molecule has 174 valence electrons. The van der Waals surface area contributed by atoms with Gasteiger partial charge in [0.2, 0.25) is 5.91 Å². The number of nitrogens with zero attached hydrogens (tertiary/aromatic N) is 2. The second-order valence-corrected chi connectivity index (χ2v) is 8.69. The van der Waals surface area contributed by atoms with E-state index in [9.17, 15) is 22.8 Å². The number of carbonyl (C=O) groups is 2. The SMILES string of the molecule is CNC(=O)CC(NC(=O)O)C1CCN(Cc2nc(-c3ccc(C(F)(F)F)cc3)cs2)CC1. The van der Waals surface area contributed by atoms with Crippen molar-refractivity contribution in [1.82, 2.24) is 20.5 Å². The standard InChI is InChI=1S/C21H25F3N4O3S/c1-25-18(29)10-16(27-20(30)31)14-6-8-28(9-7-14)11-19-26-17(12-32-19)13-2-4-15(5-3-13)21(22,23)24/h2-5,12,14,16,27H,6-11H2,1H3,(H,25,29)(H,30,31). The van der Waals surface area contributed by atoms with Gasteiger partial charge in [0.1, 0.15) is 5.01 Å². The van der Waals surface area contributed by atoms with Crippen molar-refractivity contribution in [2.45, 2.75) is 38.0 Å². The maximum absolute atomic E-state index is 12.7. The Labute approximate surface area is 187 Å². The molecule has 3 N–H and O–H groups in total. The molecule has 1 saturated heterocycles. The zero-order valence-electron chi connectivity index (χ0n) is 17.5. The average Bonchev–Trinajstić information content (AvgIpc) is 3.21. The van der Waals surface area contributed by atoms with E-state index in [4.69, 9.17) is 5.11 Å². The third-order valence-corrected chi connectivity index (χ3v) is 6.45. The number of piperidine rings is 1. The van der Waals surface area contributed by atoms with Crippen LogP contribution in [0, 0.1) is 5.92 Å². The van der Waals surface area contributed by atoms with Crippen LogP contribution < -0.4 is 10.6 Å². The molecule has 0 saturated carbocycles. The number of thiazole rings is 1. The lowest BCUT2D eigenvalue weighted by Gasteiger charge is -2.35. The Morgan fingerprint density at radius 1 is 1.25 bits per heavy atom. The molecule has 32 heavy (non-hydrogen) atoms. The lowest BCUT2D eigenvalue weighted by molar-refractivity contribution is -0.137. The quantitative estimate of drug-likeness (QED) is 0.572. The van der Waals surface area contributed by atoms with Crippen molar-refractivity contribution in [3.63, 3.8) is 0 Å². The monoisotopic (exact) mass is 470 g/mol. The first kappa shape index (κ1) is 24.0. The van der Waals surface area contributed by atoms with Gasteiger partial charge in [0.25, 0.3) is 0 Å². The Kier molecular flexibility index (Phi) is 7.73. The topological polar surface area (TPSA) is 94.6 Å². The molecule has 2 heterocycles. The third kappa shape index (κ3) is 6.42. The molecule has 11 heteroatoms. The Bertz CT molecular complexity index is 925. The highest BCUT2D eigenvalue weighted by Crippen LogP contribution is 2.31. The molecule has 0 radical (unpaired) electrons. The molecule has 1 fully saturated rings. The van der Waals surface area contributed by atoms with Crippen LogP contribution in [-0.2, 0) is 17.5 Å². The number of halogens is 3. The van der Waals surface area contributed by atoms with E-state index in [-0.39, 0.29) is 18.2 Å². The minimum atomic E-state index is -4.36. The molecule has 1 aromatic carbocycles. The van der Waals surface area contributed by atoms with E-state index in [0.717, 1.165) is 43.1 Å². The van der Waals surface area contributed by atoms with Crippen LogP contribution in [0.1, 0.15) is 29.8 Å². The minimum Gasteiger partial charge on any atom is -0.465 e. The van der Waals surface area contributed by atoms with Crippen LogP contribution in [0.5, 0.6) is 0 Å². The lowest BCUT2D eigenvalue weighted by Crippen LogP contribution is -2.46. The van der Waals surface area contributed by atoms with Crippen LogP contribution in [0.3, 0.4) is 0 Å². The molecule has 1 unspecified atom stereocenters. The van der Waals surface area contributed by atoms with Gasteiger partial charge in [-0.25, -0.2) is 9.78 Å². The highest BCUT2D eigenvalue weighted by atomic mass is 32.1. The fourth-order valence-corrected chi connectivity index (χ4v) is 4.69. The summed E-state index contributed by atoms with van der Waals surface area (Å²) < 4.78 is 38.2. The molecule has 1 aliphatic rings. The largest absolute Gasteiger partial charge is 0.465 e. The van der Waals surface area contributed by atoms with Crippen molar-refractivity contribution < 1.29 is 27.9 Å². The van der Waals surface area contributed by atoms with Crippen molar-refractivity contribution in [3.8, 4) is 11.3 Å². The van der Waals surface area contributed by atoms with Gasteiger partial charge in [0.15, 0.2) is 0 Å². The summed E-state index contributed by atoms with van der Waals surface area (Å²) in [7, 11) is 1.52. The predicted molar refractivity (Wildman–Crippen MR) is 114 cm³/mol. The van der Waals surface area contributed by atoms with E-state index in [2.05, 4.69) is 20.5 Å². The first-order chi connectivity index (χ1) is 15.2. The summed E-state index contributed by atoms with van der Waals surface area (Å²) in [6.07, 6.45) is -3.90. The smallest absolute Gasteiger partial charge is 0.416 e. The molecule has 2 aromatic rings. The minimum absolute atomic E-state index is 0.0682. The molecule has 1 atom stereocenters. The molecule has 1 aliphatic heterocycles. The van der Waals surface area contributed by atoms with Crippen LogP contribution in [-0.4, -0.2) is 53.2 Å². The van der Waals surface area contributed by atoms with Gasteiger partial charge in [-0.15, -0.1) is 11.3 Å². The number of carboxylic acid groups (broad SMARTS) is 1. The maximum Gasteiger partial charge on any atom is 0.416 e. The number of nitrogens with one attached hydrogen (secondary N) is 2. The van der Waals surface area contributed by atoms with E-state index in [1.807, 2.05) is 5.38 Å². The van der Waals surface area contributed by atoms with E-state index in [1.54, 1.807) is 0 Å². The normalized spacial score (nSPS) is 16.5. The van der Waals surface area contributed by atoms with E-state index in [1.165, 1.54) is 30.5 Å². The fraction of sp³-hybridized carbons (Fsp3) is 0.476. The summed E-state index contributed by atoms with van der Waals surface area (Å²) in [4.78, 5) is 29.6. The number of hydrogen-bond acceptors (Lipinski definition) is 5. The van der Waals surface area contributed by atoms with E-state index in [0.29, 0.717) is 17.8 Å². The second-order valence-electron chi connectivity index (χ2n) is 7.75. The Hall–Kier alpha value is -2.66. The molecule has 2 amide bonds. The first-order valence-corrected chi connectivity index (χ1v) is 11.1. The fourth-order valence-electron chi connectivity index (χ4n) is 3.85. The highest BCUT2D eigenvalue weighted by molar-refractivity contribution is 7.09. The number of amides is 2. The van der Waals surface area contributed by atoms with Crippen molar-refractivity contribution >= 4 is 23.3 Å². The third-order valence-electron chi connectivity index (χ3n) is 5.61. The van der Waals surface area contributed by atoms with Gasteiger partial charge in [-0.2, -0.15) is 13.2 Å². The average molecular weight is 471 g/mol. The summed E-state index contributed by atoms with van der Waals surface area (Å²) in [5.41, 5.74) is 0.590. The van der Waals surface area contributed by atoms with Gasteiger partial charge in [-0.05, 0) is 44.0 Å². The number of rotatable bonds is 7. The summed E-state index contributed by atoms with van der Waals surface area (Å²) >= 11 is 1.46. The lowest BCUT2D eigenvalue weighted by atomic mass is 9.87. The second kappa shape index (κ2) is 10.3. The highest BCUT2D eigenvalue weighted by Gasteiger charge is 2.31. The number of aromatic nitrogens is 1. The molecular weight excluding hydrogens is 445 g/mol.